The molecule has 0 radical (unpaired) electrons. The summed E-state index contributed by atoms with van der Waals surface area (Å²) >= 11 is 0. The maximum absolute atomic E-state index is 12.6. The fraction of sp³-hybridized carbons (Fsp3) is 0.261. The summed E-state index contributed by atoms with van der Waals surface area (Å²) in [5, 5.41) is 3.08. The van der Waals surface area contributed by atoms with E-state index in [2.05, 4.69) is 14.9 Å². The molecule has 0 unspecified atom stereocenters. The van der Waals surface area contributed by atoms with E-state index in [1.807, 2.05) is 42.9 Å². The van der Waals surface area contributed by atoms with Crippen LogP contribution in [0.4, 0.5) is 5.69 Å². The van der Waals surface area contributed by atoms with Gasteiger partial charge in [0.1, 0.15) is 0 Å². The van der Waals surface area contributed by atoms with Gasteiger partial charge in [-0.25, -0.2) is 4.98 Å². The number of amides is 2. The number of hydrogen-bond acceptors (Lipinski definition) is 3. The molecule has 3 aromatic rings. The topological polar surface area (TPSA) is 67.2 Å². The summed E-state index contributed by atoms with van der Waals surface area (Å²) in [6.07, 6.45) is 7.52. The number of nitrogens with zero attached hydrogens (tertiary/aromatic N) is 3. The van der Waals surface area contributed by atoms with Crippen LogP contribution in [-0.2, 0) is 6.54 Å². The summed E-state index contributed by atoms with van der Waals surface area (Å²) in [5.74, 6) is 0.374. The highest BCUT2D eigenvalue weighted by molar-refractivity contribution is 6.06. The Morgan fingerprint density at radius 2 is 1.76 bits per heavy atom. The number of para-hydroxylation sites is 1. The Balaban J connectivity index is 1.30. The van der Waals surface area contributed by atoms with E-state index in [1.54, 1.807) is 42.4 Å². The molecule has 4 rings (SSSR count). The smallest absolute Gasteiger partial charge is 0.258 e. The quantitative estimate of drug-likeness (QED) is 0.704. The van der Waals surface area contributed by atoms with Crippen molar-refractivity contribution in [2.45, 2.75) is 25.4 Å². The molecule has 1 fully saturated rings. The Morgan fingerprint density at radius 1 is 1.07 bits per heavy atom. The molecule has 6 nitrogen and oxygen atoms in total. The zero-order valence-corrected chi connectivity index (χ0v) is 16.4. The lowest BCUT2D eigenvalue weighted by Crippen LogP contribution is -2.45. The number of aromatic nitrogens is 2. The van der Waals surface area contributed by atoms with Crippen molar-refractivity contribution in [2.75, 3.05) is 11.9 Å². The van der Waals surface area contributed by atoms with E-state index in [-0.39, 0.29) is 17.9 Å². The fourth-order valence-electron chi connectivity index (χ4n) is 3.69. The predicted octanol–water partition coefficient (Wildman–Crippen LogP) is 3.37. The monoisotopic (exact) mass is 388 g/mol. The summed E-state index contributed by atoms with van der Waals surface area (Å²) in [6.45, 7) is 0.943. The standard InChI is InChI=1S/C23H24N4O2/c1-26(21-5-3-2-4-6-21)23(29)19-9-7-18(8-10-19)22(28)25-20-13-17(14-20)15-27-12-11-24-16-27/h2-12,16-17,20H,13-15H2,1H3,(H,25,28). The lowest BCUT2D eigenvalue weighted by atomic mass is 9.80. The number of nitrogens with one attached hydrogen (secondary N) is 1. The van der Waals surface area contributed by atoms with Gasteiger partial charge in [0.25, 0.3) is 11.8 Å². The SMILES string of the molecule is CN(C(=O)c1ccc(C(=O)NC2CC(Cn3ccnc3)C2)cc1)c1ccccc1. The second kappa shape index (κ2) is 8.31. The Hall–Kier alpha value is -3.41. The van der Waals surface area contributed by atoms with Crippen molar-refractivity contribution in [1.82, 2.24) is 14.9 Å². The van der Waals surface area contributed by atoms with Crippen LogP contribution in [0.25, 0.3) is 0 Å². The van der Waals surface area contributed by atoms with Crippen LogP contribution in [0.2, 0.25) is 0 Å². The molecule has 1 N–H and O–H groups in total. The first-order valence-electron chi connectivity index (χ1n) is 9.80. The van der Waals surface area contributed by atoms with E-state index in [4.69, 9.17) is 0 Å². The van der Waals surface area contributed by atoms with Crippen LogP contribution < -0.4 is 10.2 Å². The van der Waals surface area contributed by atoms with E-state index in [0.717, 1.165) is 25.1 Å². The van der Waals surface area contributed by atoms with E-state index < -0.39 is 0 Å². The third-order valence-electron chi connectivity index (χ3n) is 5.44. The first kappa shape index (κ1) is 18.9. The van der Waals surface area contributed by atoms with Crippen LogP contribution in [0.3, 0.4) is 0 Å². The van der Waals surface area contributed by atoms with Crippen molar-refractivity contribution in [2.24, 2.45) is 5.92 Å². The van der Waals surface area contributed by atoms with Gasteiger partial charge in [0.05, 0.1) is 6.33 Å². The van der Waals surface area contributed by atoms with Gasteiger partial charge in [0.2, 0.25) is 0 Å². The third-order valence-corrected chi connectivity index (χ3v) is 5.44. The van der Waals surface area contributed by atoms with E-state index in [0.29, 0.717) is 17.0 Å². The zero-order valence-electron chi connectivity index (χ0n) is 16.4. The van der Waals surface area contributed by atoms with Crippen LogP contribution in [0, 0.1) is 5.92 Å². The summed E-state index contributed by atoms with van der Waals surface area (Å²) in [7, 11) is 1.75. The summed E-state index contributed by atoms with van der Waals surface area (Å²) in [4.78, 5) is 30.8. The highest BCUT2D eigenvalue weighted by atomic mass is 16.2. The van der Waals surface area contributed by atoms with Crippen molar-refractivity contribution < 1.29 is 9.59 Å². The van der Waals surface area contributed by atoms with E-state index >= 15 is 0 Å². The van der Waals surface area contributed by atoms with Crippen LogP contribution in [-0.4, -0.2) is 34.5 Å². The predicted molar refractivity (Wildman–Crippen MR) is 112 cm³/mol. The molecule has 1 aliphatic carbocycles. The van der Waals surface area contributed by atoms with Gasteiger partial charge >= 0.3 is 0 Å². The summed E-state index contributed by atoms with van der Waals surface area (Å²) in [5.41, 5.74) is 1.95. The largest absolute Gasteiger partial charge is 0.349 e. The molecule has 1 aliphatic rings. The number of hydrogen-bond donors (Lipinski definition) is 1. The number of rotatable bonds is 6. The molecule has 2 amide bonds. The van der Waals surface area contributed by atoms with Crippen LogP contribution in [0.5, 0.6) is 0 Å². The minimum absolute atomic E-state index is 0.0912. The average Bonchev–Trinajstić information content (AvgIpc) is 3.25. The second-order valence-electron chi connectivity index (χ2n) is 7.54. The minimum Gasteiger partial charge on any atom is -0.349 e. The van der Waals surface area contributed by atoms with Gasteiger partial charge < -0.3 is 14.8 Å². The number of imidazole rings is 1. The van der Waals surface area contributed by atoms with Crippen LogP contribution in [0.1, 0.15) is 33.6 Å². The minimum atomic E-state index is -0.107. The highest BCUT2D eigenvalue weighted by Gasteiger charge is 2.30. The Kier molecular flexibility index (Phi) is 5.42. The van der Waals surface area contributed by atoms with Gasteiger partial charge in [-0.05, 0) is 55.2 Å². The molecule has 6 heteroatoms. The molecule has 0 spiro atoms. The molecular formula is C23H24N4O2. The lowest BCUT2D eigenvalue weighted by molar-refractivity contribution is 0.0880. The zero-order chi connectivity index (χ0) is 20.2. The highest BCUT2D eigenvalue weighted by Crippen LogP contribution is 2.29. The molecule has 29 heavy (non-hydrogen) atoms. The molecule has 1 heterocycles. The molecule has 0 aliphatic heterocycles. The molecule has 1 saturated carbocycles. The molecule has 1 aromatic heterocycles. The number of carbonyl (C=O) groups is 2. The van der Waals surface area contributed by atoms with Gasteiger partial charge in [-0.1, -0.05) is 18.2 Å². The molecule has 0 atom stereocenters. The van der Waals surface area contributed by atoms with Crippen molar-refractivity contribution >= 4 is 17.5 Å². The van der Waals surface area contributed by atoms with Crippen molar-refractivity contribution in [3.8, 4) is 0 Å². The van der Waals surface area contributed by atoms with Crippen molar-refractivity contribution in [3.05, 3.63) is 84.4 Å². The van der Waals surface area contributed by atoms with Gasteiger partial charge in [0.15, 0.2) is 0 Å². The Bertz CT molecular complexity index is 962. The first-order chi connectivity index (χ1) is 14.1. The Labute approximate surface area is 170 Å². The lowest BCUT2D eigenvalue weighted by Gasteiger charge is -2.36. The molecule has 148 valence electrons. The molecule has 2 aromatic carbocycles. The number of benzene rings is 2. The van der Waals surface area contributed by atoms with Crippen molar-refractivity contribution in [1.29, 1.82) is 0 Å². The molecule has 0 saturated heterocycles. The maximum Gasteiger partial charge on any atom is 0.258 e. The van der Waals surface area contributed by atoms with E-state index in [9.17, 15) is 9.59 Å². The van der Waals surface area contributed by atoms with Crippen molar-refractivity contribution in [3.63, 3.8) is 0 Å². The molecule has 0 bridgehead atoms. The van der Waals surface area contributed by atoms with Gasteiger partial charge in [0, 0.05) is 48.8 Å². The first-order valence-corrected chi connectivity index (χ1v) is 9.80. The number of carbonyl (C=O) groups excluding carboxylic acids is 2. The summed E-state index contributed by atoms with van der Waals surface area (Å²) in [6, 6.07) is 16.5. The van der Waals surface area contributed by atoms with Crippen LogP contribution >= 0.6 is 0 Å². The third kappa shape index (κ3) is 4.37. The van der Waals surface area contributed by atoms with Gasteiger partial charge in [-0.15, -0.1) is 0 Å². The van der Waals surface area contributed by atoms with Crippen LogP contribution in [0.15, 0.2) is 73.3 Å². The van der Waals surface area contributed by atoms with Gasteiger partial charge in [-0.2, -0.15) is 0 Å². The normalized spacial score (nSPS) is 18.0. The summed E-state index contributed by atoms with van der Waals surface area (Å²) < 4.78 is 2.07. The Morgan fingerprint density at radius 3 is 2.41 bits per heavy atom. The fourth-order valence-corrected chi connectivity index (χ4v) is 3.69. The average molecular weight is 388 g/mol. The number of anilines is 1. The van der Waals surface area contributed by atoms with Gasteiger partial charge in [-0.3, -0.25) is 9.59 Å². The molecular weight excluding hydrogens is 364 g/mol. The second-order valence-corrected chi connectivity index (χ2v) is 7.54. The van der Waals surface area contributed by atoms with E-state index in [1.165, 1.54) is 0 Å². The maximum atomic E-state index is 12.6.